The van der Waals surface area contributed by atoms with Gasteiger partial charge in [-0.05, 0) is 62.8 Å². The molecular formula is C26H24ClN3O2S. The summed E-state index contributed by atoms with van der Waals surface area (Å²) in [7, 11) is 0. The van der Waals surface area contributed by atoms with Crippen molar-refractivity contribution in [2.24, 2.45) is 0 Å². The minimum Gasteiger partial charge on any atom is -0.324 e. The second-order valence-electron chi connectivity index (χ2n) is 8.45. The summed E-state index contributed by atoms with van der Waals surface area (Å²) in [5, 5.41) is 4.20. The van der Waals surface area contributed by atoms with Crippen molar-refractivity contribution in [1.82, 2.24) is 9.55 Å². The second kappa shape index (κ2) is 8.76. The van der Waals surface area contributed by atoms with Crippen molar-refractivity contribution < 1.29 is 4.79 Å². The van der Waals surface area contributed by atoms with Gasteiger partial charge >= 0.3 is 0 Å². The summed E-state index contributed by atoms with van der Waals surface area (Å²) >= 11 is 7.85. The normalized spacial score (nSPS) is 14.2. The molecule has 2 heterocycles. The largest absolute Gasteiger partial charge is 0.324 e. The van der Waals surface area contributed by atoms with Gasteiger partial charge in [-0.25, -0.2) is 4.98 Å². The van der Waals surface area contributed by atoms with Crippen LogP contribution in [-0.4, -0.2) is 15.5 Å². The number of nitrogens with one attached hydrogen (secondary N) is 1. The van der Waals surface area contributed by atoms with Crippen LogP contribution >= 0.6 is 22.9 Å². The Kier molecular flexibility index (Phi) is 5.81. The first-order valence-corrected chi connectivity index (χ1v) is 12.3. The van der Waals surface area contributed by atoms with E-state index < -0.39 is 6.04 Å². The molecule has 33 heavy (non-hydrogen) atoms. The molecule has 168 valence electrons. The molecular weight excluding hydrogens is 454 g/mol. The number of benzene rings is 2. The highest BCUT2D eigenvalue weighted by atomic mass is 35.5. The molecule has 2 aromatic heterocycles. The number of hydrogen-bond acceptors (Lipinski definition) is 4. The van der Waals surface area contributed by atoms with Gasteiger partial charge in [0.15, 0.2) is 0 Å². The minimum atomic E-state index is -0.762. The molecule has 0 radical (unpaired) electrons. The van der Waals surface area contributed by atoms with Gasteiger partial charge in [0.25, 0.3) is 5.56 Å². The van der Waals surface area contributed by atoms with Crippen LogP contribution in [-0.2, 0) is 17.6 Å². The number of halogens is 1. The zero-order valence-corrected chi connectivity index (χ0v) is 20.1. The van der Waals surface area contributed by atoms with Gasteiger partial charge < -0.3 is 5.32 Å². The third kappa shape index (κ3) is 3.87. The fourth-order valence-electron chi connectivity index (χ4n) is 4.46. The van der Waals surface area contributed by atoms with Gasteiger partial charge in [0.1, 0.15) is 16.7 Å². The predicted molar refractivity (Wildman–Crippen MR) is 135 cm³/mol. The molecule has 1 atom stereocenters. The molecule has 0 saturated heterocycles. The number of aromatic nitrogens is 2. The van der Waals surface area contributed by atoms with Crippen LogP contribution in [0.3, 0.4) is 0 Å². The molecule has 4 aromatic rings. The van der Waals surface area contributed by atoms with Crippen LogP contribution in [0.2, 0.25) is 5.02 Å². The number of anilines is 1. The average molecular weight is 478 g/mol. The van der Waals surface area contributed by atoms with E-state index >= 15 is 0 Å². The Hall–Kier alpha value is -2.96. The first-order chi connectivity index (χ1) is 16.0. The van der Waals surface area contributed by atoms with Crippen LogP contribution in [0.25, 0.3) is 21.6 Å². The molecule has 7 heteroatoms. The van der Waals surface area contributed by atoms with Crippen LogP contribution in [0.5, 0.6) is 0 Å². The van der Waals surface area contributed by atoms with Crippen molar-refractivity contribution in [2.75, 3.05) is 5.32 Å². The van der Waals surface area contributed by atoms with E-state index in [1.54, 1.807) is 35.0 Å². The quantitative estimate of drug-likeness (QED) is 0.382. The number of carbonyl (C=O) groups excluding carboxylic acids is 1. The third-order valence-electron chi connectivity index (χ3n) is 6.35. The molecule has 0 fully saturated rings. The van der Waals surface area contributed by atoms with E-state index in [0.29, 0.717) is 21.9 Å². The Morgan fingerprint density at radius 2 is 1.88 bits per heavy atom. The molecule has 5 rings (SSSR count). The predicted octanol–water partition coefficient (Wildman–Crippen LogP) is 6.17. The SMILES string of the molecule is Cc1c(Cl)cccc1NC(=O)C(C)n1c(-c2ccccc2)nc2sc3c(c2c1=O)CCCC3. The second-order valence-corrected chi connectivity index (χ2v) is 9.94. The first-order valence-electron chi connectivity index (χ1n) is 11.1. The molecule has 1 aliphatic carbocycles. The highest BCUT2D eigenvalue weighted by Gasteiger charge is 2.27. The number of amides is 1. The van der Waals surface area contributed by atoms with Gasteiger partial charge in [0.2, 0.25) is 5.91 Å². The molecule has 0 aliphatic heterocycles. The highest BCUT2D eigenvalue weighted by Crippen LogP contribution is 2.35. The molecule has 1 aliphatic rings. The standard InChI is InChI=1S/C26H24ClN3O2S/c1-15-19(27)12-8-13-20(15)28-24(31)16(2)30-23(17-9-4-3-5-10-17)29-25-22(26(30)32)18-11-6-7-14-21(18)33-25/h3-5,8-10,12-13,16H,6-7,11,14H2,1-2H3,(H,28,31). The fraction of sp³-hybridized carbons (Fsp3) is 0.269. The average Bonchev–Trinajstić information content (AvgIpc) is 3.21. The van der Waals surface area contributed by atoms with E-state index in [1.165, 1.54) is 4.88 Å². The molecule has 0 bridgehead atoms. The van der Waals surface area contributed by atoms with E-state index in [4.69, 9.17) is 16.6 Å². The lowest BCUT2D eigenvalue weighted by Crippen LogP contribution is -2.33. The van der Waals surface area contributed by atoms with Crippen molar-refractivity contribution >= 4 is 44.7 Å². The summed E-state index contributed by atoms with van der Waals surface area (Å²) in [4.78, 5) is 34.2. The Balaban J connectivity index is 1.66. The van der Waals surface area contributed by atoms with Crippen molar-refractivity contribution in [2.45, 2.75) is 45.6 Å². The van der Waals surface area contributed by atoms with Gasteiger partial charge in [0.05, 0.1) is 5.39 Å². The van der Waals surface area contributed by atoms with E-state index in [1.807, 2.05) is 43.3 Å². The molecule has 5 nitrogen and oxygen atoms in total. The van der Waals surface area contributed by atoms with Crippen LogP contribution in [0.1, 0.15) is 41.8 Å². The Morgan fingerprint density at radius 3 is 2.67 bits per heavy atom. The lowest BCUT2D eigenvalue weighted by atomic mass is 9.97. The summed E-state index contributed by atoms with van der Waals surface area (Å²) < 4.78 is 1.55. The molecule has 1 amide bonds. The smallest absolute Gasteiger partial charge is 0.263 e. The van der Waals surface area contributed by atoms with Crippen LogP contribution in [0.4, 0.5) is 5.69 Å². The maximum atomic E-state index is 13.9. The number of aryl methyl sites for hydroxylation is 2. The maximum Gasteiger partial charge on any atom is 0.263 e. The fourth-order valence-corrected chi connectivity index (χ4v) is 5.89. The monoisotopic (exact) mass is 477 g/mol. The summed E-state index contributed by atoms with van der Waals surface area (Å²) in [5.41, 5.74) is 3.20. The van der Waals surface area contributed by atoms with Crippen LogP contribution < -0.4 is 10.9 Å². The molecule has 0 saturated carbocycles. The molecule has 1 unspecified atom stereocenters. The van der Waals surface area contributed by atoms with Gasteiger partial charge in [-0.15, -0.1) is 11.3 Å². The lowest BCUT2D eigenvalue weighted by molar-refractivity contribution is -0.118. The molecule has 0 spiro atoms. The first kappa shape index (κ1) is 21.9. The van der Waals surface area contributed by atoms with Gasteiger partial charge in [-0.2, -0.15) is 0 Å². The zero-order chi connectivity index (χ0) is 23.1. The number of carbonyl (C=O) groups is 1. The Labute approximate surface area is 201 Å². The Morgan fingerprint density at radius 1 is 1.12 bits per heavy atom. The minimum absolute atomic E-state index is 0.149. The Bertz CT molecular complexity index is 1430. The number of thiophene rings is 1. The molecule has 2 aromatic carbocycles. The van der Waals surface area contributed by atoms with Crippen molar-refractivity contribution in [3.8, 4) is 11.4 Å². The topological polar surface area (TPSA) is 64.0 Å². The molecule has 1 N–H and O–H groups in total. The number of fused-ring (bicyclic) bond motifs is 3. The third-order valence-corrected chi connectivity index (χ3v) is 7.94. The van der Waals surface area contributed by atoms with E-state index in [9.17, 15) is 9.59 Å². The van der Waals surface area contributed by atoms with Crippen molar-refractivity contribution in [3.05, 3.63) is 79.9 Å². The number of hydrogen-bond donors (Lipinski definition) is 1. The summed E-state index contributed by atoms with van der Waals surface area (Å²) in [6.45, 7) is 3.60. The van der Waals surface area contributed by atoms with Crippen LogP contribution in [0.15, 0.2) is 53.3 Å². The van der Waals surface area contributed by atoms with Crippen molar-refractivity contribution in [1.29, 1.82) is 0 Å². The van der Waals surface area contributed by atoms with Crippen molar-refractivity contribution in [3.63, 3.8) is 0 Å². The van der Waals surface area contributed by atoms with Gasteiger partial charge in [0, 0.05) is 21.2 Å². The highest BCUT2D eigenvalue weighted by molar-refractivity contribution is 7.18. The summed E-state index contributed by atoms with van der Waals surface area (Å²) in [6.07, 6.45) is 4.08. The maximum absolute atomic E-state index is 13.9. The van der Waals surface area contributed by atoms with Crippen LogP contribution in [0, 0.1) is 6.92 Å². The number of rotatable bonds is 4. The number of nitrogens with zero attached hydrogens (tertiary/aromatic N) is 2. The van der Waals surface area contributed by atoms with E-state index in [-0.39, 0.29) is 11.5 Å². The summed E-state index contributed by atoms with van der Waals surface area (Å²) in [5.74, 6) is 0.224. The zero-order valence-electron chi connectivity index (χ0n) is 18.5. The van der Waals surface area contributed by atoms with Gasteiger partial charge in [-0.1, -0.05) is 48.0 Å². The lowest BCUT2D eigenvalue weighted by Gasteiger charge is -2.20. The van der Waals surface area contributed by atoms with E-state index in [0.717, 1.165) is 47.2 Å². The van der Waals surface area contributed by atoms with E-state index in [2.05, 4.69) is 5.32 Å². The van der Waals surface area contributed by atoms with Gasteiger partial charge in [-0.3, -0.25) is 14.2 Å². The summed E-state index contributed by atoms with van der Waals surface area (Å²) in [6, 6.07) is 14.2.